The summed E-state index contributed by atoms with van der Waals surface area (Å²) in [6, 6.07) is 8.67. The molecule has 0 unspecified atom stereocenters. The minimum absolute atomic E-state index is 0.0171. The zero-order chi connectivity index (χ0) is 25.4. The number of rotatable bonds is 4. The smallest absolute Gasteiger partial charge is 0.266 e. The predicted octanol–water partition coefficient (Wildman–Crippen LogP) is 6.26. The third kappa shape index (κ3) is 4.05. The molecule has 0 saturated carbocycles. The number of amides is 1. The van der Waals surface area contributed by atoms with Crippen molar-refractivity contribution in [2.45, 2.75) is 65.2 Å². The average Bonchev–Trinajstić information content (AvgIpc) is 3.51. The standard InChI is InChI=1S/C28H25N5OS2/c1-16-11-18(17(2)33(16)28-23(15-31)21-8-4-6-10-25(21)36-28)12-19(13-29)26(34)32-27-22(14-30)20-7-3-5-9-24(20)35-27/h11-12H,3-10H2,1-2H3,(H,32,34)/b19-12+. The second kappa shape index (κ2) is 9.78. The van der Waals surface area contributed by atoms with E-state index in [4.69, 9.17) is 0 Å². The van der Waals surface area contributed by atoms with E-state index in [0.29, 0.717) is 10.6 Å². The number of carbonyl (C=O) groups is 1. The van der Waals surface area contributed by atoms with Gasteiger partial charge in [0.1, 0.15) is 33.8 Å². The van der Waals surface area contributed by atoms with Gasteiger partial charge >= 0.3 is 0 Å². The molecule has 1 amide bonds. The van der Waals surface area contributed by atoms with Gasteiger partial charge in [0, 0.05) is 21.1 Å². The van der Waals surface area contributed by atoms with Gasteiger partial charge in [-0.3, -0.25) is 4.79 Å². The third-order valence-corrected chi connectivity index (χ3v) is 9.60. The molecule has 3 heterocycles. The lowest BCUT2D eigenvalue weighted by atomic mass is 9.96. The highest BCUT2D eigenvalue weighted by atomic mass is 32.1. The molecule has 1 N–H and O–H groups in total. The second-order valence-electron chi connectivity index (χ2n) is 9.32. The largest absolute Gasteiger partial charge is 0.312 e. The van der Waals surface area contributed by atoms with Crippen molar-refractivity contribution in [1.82, 2.24) is 4.57 Å². The number of hydrogen-bond donors (Lipinski definition) is 1. The molecule has 2 aliphatic rings. The molecule has 180 valence electrons. The van der Waals surface area contributed by atoms with Gasteiger partial charge in [-0.15, -0.1) is 22.7 Å². The molecule has 2 aliphatic carbocycles. The number of thiophene rings is 2. The van der Waals surface area contributed by atoms with E-state index in [2.05, 4.69) is 22.0 Å². The molecule has 0 bridgehead atoms. The van der Waals surface area contributed by atoms with Crippen molar-refractivity contribution in [3.05, 3.63) is 60.6 Å². The normalized spacial score (nSPS) is 14.8. The summed E-state index contributed by atoms with van der Waals surface area (Å²) in [5, 5.41) is 33.7. The molecule has 0 saturated heterocycles. The summed E-state index contributed by atoms with van der Waals surface area (Å²) in [5.41, 5.74) is 6.08. The van der Waals surface area contributed by atoms with Crippen molar-refractivity contribution < 1.29 is 4.79 Å². The van der Waals surface area contributed by atoms with Crippen LogP contribution in [0.2, 0.25) is 0 Å². The molecule has 0 aliphatic heterocycles. The van der Waals surface area contributed by atoms with Crippen molar-refractivity contribution in [3.63, 3.8) is 0 Å². The van der Waals surface area contributed by atoms with E-state index in [-0.39, 0.29) is 5.57 Å². The Labute approximate surface area is 218 Å². The quantitative estimate of drug-likeness (QED) is 0.329. The molecule has 0 fully saturated rings. The van der Waals surface area contributed by atoms with E-state index in [1.54, 1.807) is 17.4 Å². The Morgan fingerprint density at radius 3 is 2.19 bits per heavy atom. The van der Waals surface area contributed by atoms with Crippen molar-refractivity contribution in [2.75, 3.05) is 5.32 Å². The van der Waals surface area contributed by atoms with Crippen LogP contribution in [0.3, 0.4) is 0 Å². The lowest BCUT2D eigenvalue weighted by Gasteiger charge is -2.10. The van der Waals surface area contributed by atoms with Gasteiger partial charge in [-0.1, -0.05) is 0 Å². The molecule has 8 heteroatoms. The molecule has 5 rings (SSSR count). The average molecular weight is 512 g/mol. The fourth-order valence-corrected chi connectivity index (χ4v) is 8.00. The van der Waals surface area contributed by atoms with Crippen LogP contribution in [-0.4, -0.2) is 10.5 Å². The van der Waals surface area contributed by atoms with E-state index in [1.807, 2.05) is 26.0 Å². The molecule has 3 aromatic rings. The van der Waals surface area contributed by atoms with Crippen LogP contribution in [0.15, 0.2) is 11.6 Å². The molecule has 6 nitrogen and oxygen atoms in total. The number of nitriles is 3. The summed E-state index contributed by atoms with van der Waals surface area (Å²) in [5.74, 6) is -0.512. The molecule has 0 atom stereocenters. The molecule has 0 aromatic carbocycles. The van der Waals surface area contributed by atoms with Gasteiger partial charge in [0.2, 0.25) is 0 Å². The maximum Gasteiger partial charge on any atom is 0.266 e. The lowest BCUT2D eigenvalue weighted by molar-refractivity contribution is -0.112. The van der Waals surface area contributed by atoms with Crippen LogP contribution in [0.5, 0.6) is 0 Å². The van der Waals surface area contributed by atoms with Gasteiger partial charge in [0.15, 0.2) is 0 Å². The van der Waals surface area contributed by atoms with Gasteiger partial charge in [0.05, 0.1) is 11.1 Å². The van der Waals surface area contributed by atoms with E-state index < -0.39 is 5.91 Å². The fourth-order valence-electron chi connectivity index (χ4n) is 5.32. The minimum atomic E-state index is -0.512. The van der Waals surface area contributed by atoms with Crippen molar-refractivity contribution >= 4 is 39.7 Å². The van der Waals surface area contributed by atoms with Crippen molar-refractivity contribution in [1.29, 1.82) is 15.8 Å². The number of aryl methyl sites for hydroxylation is 3. The van der Waals surface area contributed by atoms with E-state index >= 15 is 0 Å². The predicted molar refractivity (Wildman–Crippen MR) is 142 cm³/mol. The Bertz CT molecular complexity index is 1540. The Morgan fingerprint density at radius 1 is 0.944 bits per heavy atom. The first-order valence-corrected chi connectivity index (χ1v) is 13.8. The molecule has 36 heavy (non-hydrogen) atoms. The highest BCUT2D eigenvalue weighted by Crippen LogP contribution is 2.39. The number of nitrogens with zero attached hydrogens (tertiary/aromatic N) is 4. The van der Waals surface area contributed by atoms with Gasteiger partial charge in [0.25, 0.3) is 5.91 Å². The van der Waals surface area contributed by atoms with Gasteiger partial charge < -0.3 is 9.88 Å². The number of fused-ring (bicyclic) bond motifs is 2. The second-order valence-corrected chi connectivity index (χ2v) is 11.5. The van der Waals surface area contributed by atoms with Gasteiger partial charge in [-0.2, -0.15) is 15.8 Å². The molecule has 0 spiro atoms. The maximum absolute atomic E-state index is 13.1. The van der Waals surface area contributed by atoms with E-state index in [0.717, 1.165) is 89.3 Å². The zero-order valence-electron chi connectivity index (χ0n) is 20.3. The van der Waals surface area contributed by atoms with E-state index in [1.165, 1.54) is 21.8 Å². The fraction of sp³-hybridized carbons (Fsp3) is 0.357. The number of hydrogen-bond acceptors (Lipinski definition) is 6. The topological polar surface area (TPSA) is 105 Å². The highest BCUT2D eigenvalue weighted by molar-refractivity contribution is 7.16. The van der Waals surface area contributed by atoms with Crippen LogP contribution in [-0.2, 0) is 30.5 Å². The lowest BCUT2D eigenvalue weighted by Crippen LogP contribution is -2.13. The summed E-state index contributed by atoms with van der Waals surface area (Å²) in [6.45, 7) is 3.93. The summed E-state index contributed by atoms with van der Waals surface area (Å²) >= 11 is 3.13. The summed E-state index contributed by atoms with van der Waals surface area (Å²) < 4.78 is 2.07. The summed E-state index contributed by atoms with van der Waals surface area (Å²) in [6.07, 6.45) is 9.73. The summed E-state index contributed by atoms with van der Waals surface area (Å²) in [4.78, 5) is 15.5. The van der Waals surface area contributed by atoms with Crippen LogP contribution in [0, 0.1) is 47.8 Å². The third-order valence-electron chi connectivity index (χ3n) is 7.11. The van der Waals surface area contributed by atoms with Crippen molar-refractivity contribution in [2.24, 2.45) is 0 Å². The Balaban J connectivity index is 1.48. The molecule has 3 aromatic heterocycles. The Kier molecular flexibility index (Phi) is 6.54. The van der Waals surface area contributed by atoms with E-state index in [9.17, 15) is 20.6 Å². The molecular formula is C28H25N5OS2. The van der Waals surface area contributed by atoms with Crippen LogP contribution in [0.1, 0.15) is 74.6 Å². The highest BCUT2D eigenvalue weighted by Gasteiger charge is 2.25. The number of nitrogens with one attached hydrogen (secondary N) is 1. The zero-order valence-corrected chi connectivity index (χ0v) is 22.0. The number of carbonyl (C=O) groups excluding carboxylic acids is 1. The molecular weight excluding hydrogens is 486 g/mol. The SMILES string of the molecule is Cc1cc(/C=C(\C#N)C(=O)Nc2sc3c(c2C#N)CCCC3)c(C)n1-c1sc2c(c1C#N)CCCC2. The number of aromatic nitrogens is 1. The first-order chi connectivity index (χ1) is 17.5. The van der Waals surface area contributed by atoms with Crippen LogP contribution in [0.25, 0.3) is 11.1 Å². The Hall–Kier alpha value is -3.64. The number of anilines is 1. The molecule has 0 radical (unpaired) electrons. The van der Waals surface area contributed by atoms with Crippen LogP contribution in [0.4, 0.5) is 5.00 Å². The monoisotopic (exact) mass is 511 g/mol. The first kappa shape index (κ1) is 24.1. The minimum Gasteiger partial charge on any atom is -0.312 e. The van der Waals surface area contributed by atoms with Crippen LogP contribution < -0.4 is 5.32 Å². The summed E-state index contributed by atoms with van der Waals surface area (Å²) in [7, 11) is 0. The maximum atomic E-state index is 13.1. The van der Waals surface area contributed by atoms with Gasteiger partial charge in [-0.05, 0) is 94.0 Å². The van der Waals surface area contributed by atoms with Crippen molar-refractivity contribution in [3.8, 4) is 23.2 Å². The van der Waals surface area contributed by atoms with Crippen LogP contribution >= 0.6 is 22.7 Å². The van der Waals surface area contributed by atoms with Gasteiger partial charge in [-0.25, -0.2) is 0 Å². The first-order valence-electron chi connectivity index (χ1n) is 12.2. The Morgan fingerprint density at radius 2 is 1.56 bits per heavy atom.